The van der Waals surface area contributed by atoms with Gasteiger partial charge in [0.15, 0.2) is 5.65 Å². The van der Waals surface area contributed by atoms with Crippen molar-refractivity contribution in [3.63, 3.8) is 0 Å². The van der Waals surface area contributed by atoms with Crippen molar-refractivity contribution in [3.05, 3.63) is 22.0 Å². The molecule has 2 aromatic heterocycles. The van der Waals surface area contributed by atoms with E-state index in [1.54, 1.807) is 10.8 Å². The van der Waals surface area contributed by atoms with Gasteiger partial charge in [-0.3, -0.25) is 4.57 Å². The van der Waals surface area contributed by atoms with Crippen molar-refractivity contribution >= 4 is 22.8 Å². The number of aromatic nitrogens is 4. The van der Waals surface area contributed by atoms with Crippen LogP contribution in [0.15, 0.2) is 11.0 Å². The predicted molar refractivity (Wildman–Crippen MR) is 65.3 cm³/mol. The summed E-state index contributed by atoms with van der Waals surface area (Å²) < 4.78 is 1.74. The first-order chi connectivity index (χ1) is 8.25. The largest absolute Gasteiger partial charge is 0.327 e. The molecule has 2 aromatic rings. The van der Waals surface area contributed by atoms with E-state index in [2.05, 4.69) is 15.0 Å². The van der Waals surface area contributed by atoms with Crippen LogP contribution in [-0.2, 0) is 0 Å². The van der Waals surface area contributed by atoms with Crippen molar-refractivity contribution < 1.29 is 0 Å². The topological polar surface area (TPSA) is 63.6 Å². The van der Waals surface area contributed by atoms with Crippen LogP contribution in [0.25, 0.3) is 11.2 Å². The molecule has 17 heavy (non-hydrogen) atoms. The van der Waals surface area contributed by atoms with E-state index in [1.807, 2.05) is 0 Å². The summed E-state index contributed by atoms with van der Waals surface area (Å²) in [5.41, 5.74) is 1.18. The van der Waals surface area contributed by atoms with Crippen LogP contribution in [0, 0.1) is 0 Å². The zero-order valence-corrected chi connectivity index (χ0v) is 10.1. The third-order valence-electron chi connectivity index (χ3n) is 3.37. The van der Waals surface area contributed by atoms with E-state index in [1.165, 1.54) is 19.3 Å². The molecule has 0 amide bonds. The van der Waals surface area contributed by atoms with Crippen molar-refractivity contribution in [3.8, 4) is 0 Å². The van der Waals surface area contributed by atoms with Crippen LogP contribution < -0.4 is 5.69 Å². The normalized spacial score (nSPS) is 17.7. The lowest BCUT2D eigenvalue weighted by Crippen LogP contribution is -2.24. The summed E-state index contributed by atoms with van der Waals surface area (Å²) in [6, 6.07) is 0.246. The third-order valence-corrected chi connectivity index (χ3v) is 3.55. The fraction of sp³-hybridized carbons (Fsp3) is 0.545. The highest BCUT2D eigenvalue weighted by Crippen LogP contribution is 2.28. The number of rotatable bonds is 1. The van der Waals surface area contributed by atoms with Gasteiger partial charge in [-0.25, -0.2) is 9.78 Å². The lowest BCUT2D eigenvalue weighted by molar-refractivity contribution is 0.352. The van der Waals surface area contributed by atoms with Crippen LogP contribution in [0.1, 0.15) is 38.1 Å². The molecule has 0 aromatic carbocycles. The molecule has 0 unspecified atom stereocenters. The summed E-state index contributed by atoms with van der Waals surface area (Å²) in [4.78, 5) is 22.8. The standard InChI is InChI=1S/C11H13ClN4O/c12-10-13-6-8-9(15-10)16(11(17)14-8)7-4-2-1-3-5-7/h6-7H,1-5H2,(H,14,17). The van der Waals surface area contributed by atoms with Gasteiger partial charge in [0.1, 0.15) is 5.52 Å². The van der Waals surface area contributed by atoms with Gasteiger partial charge in [-0.1, -0.05) is 19.3 Å². The molecule has 6 heteroatoms. The van der Waals surface area contributed by atoms with E-state index in [4.69, 9.17) is 11.6 Å². The molecule has 90 valence electrons. The Labute approximate surface area is 103 Å². The number of imidazole rings is 1. The SMILES string of the molecule is O=c1[nH]c2cnc(Cl)nc2n1C1CCCCC1. The average molecular weight is 253 g/mol. The smallest absolute Gasteiger partial charge is 0.303 e. The van der Waals surface area contributed by atoms with Crippen LogP contribution in [0.2, 0.25) is 5.28 Å². The number of fused-ring (bicyclic) bond motifs is 1. The average Bonchev–Trinajstić information content (AvgIpc) is 2.65. The first-order valence-corrected chi connectivity index (χ1v) is 6.26. The third kappa shape index (κ3) is 1.84. The predicted octanol–water partition coefficient (Wildman–Crippen LogP) is 2.28. The van der Waals surface area contributed by atoms with Gasteiger partial charge < -0.3 is 4.98 Å². The van der Waals surface area contributed by atoms with E-state index < -0.39 is 0 Å². The fourth-order valence-corrected chi connectivity index (χ4v) is 2.70. The first-order valence-electron chi connectivity index (χ1n) is 5.88. The first kappa shape index (κ1) is 10.8. The number of hydrogen-bond acceptors (Lipinski definition) is 3. The molecule has 0 aliphatic heterocycles. The molecule has 0 radical (unpaired) electrons. The Hall–Kier alpha value is -1.36. The van der Waals surface area contributed by atoms with Gasteiger partial charge in [0.2, 0.25) is 5.28 Å². The molecule has 5 nitrogen and oxygen atoms in total. The second-order valence-electron chi connectivity index (χ2n) is 4.47. The summed E-state index contributed by atoms with van der Waals surface area (Å²) in [5, 5.41) is 0.182. The van der Waals surface area contributed by atoms with Crippen LogP contribution in [0.3, 0.4) is 0 Å². The molecular formula is C11H13ClN4O. The van der Waals surface area contributed by atoms with Gasteiger partial charge in [0.25, 0.3) is 0 Å². The van der Waals surface area contributed by atoms with Crippen molar-refractivity contribution in [1.29, 1.82) is 0 Å². The highest BCUT2D eigenvalue weighted by Gasteiger charge is 2.20. The monoisotopic (exact) mass is 252 g/mol. The molecular weight excluding hydrogens is 240 g/mol. The summed E-state index contributed by atoms with van der Waals surface area (Å²) in [5.74, 6) is 0. The summed E-state index contributed by atoms with van der Waals surface area (Å²) in [6.07, 6.45) is 7.23. The van der Waals surface area contributed by atoms with Crippen molar-refractivity contribution in [2.24, 2.45) is 0 Å². The Morgan fingerprint density at radius 1 is 1.35 bits per heavy atom. The van der Waals surface area contributed by atoms with Crippen molar-refractivity contribution in [2.75, 3.05) is 0 Å². The van der Waals surface area contributed by atoms with Gasteiger partial charge in [0.05, 0.1) is 6.20 Å². The number of nitrogens with zero attached hydrogens (tertiary/aromatic N) is 3. The van der Waals surface area contributed by atoms with Gasteiger partial charge in [-0.05, 0) is 24.4 Å². The minimum Gasteiger partial charge on any atom is -0.303 e. The minimum absolute atomic E-state index is 0.108. The molecule has 2 heterocycles. The summed E-state index contributed by atoms with van der Waals surface area (Å²) in [7, 11) is 0. The van der Waals surface area contributed by atoms with E-state index in [9.17, 15) is 4.79 Å². The maximum atomic E-state index is 11.9. The van der Waals surface area contributed by atoms with E-state index in [0.717, 1.165) is 12.8 Å². The Kier molecular flexibility index (Phi) is 2.63. The molecule has 1 saturated carbocycles. The van der Waals surface area contributed by atoms with E-state index in [-0.39, 0.29) is 17.0 Å². The highest BCUT2D eigenvalue weighted by molar-refractivity contribution is 6.28. The number of aromatic amines is 1. The van der Waals surface area contributed by atoms with E-state index >= 15 is 0 Å². The maximum Gasteiger partial charge on any atom is 0.327 e. The Morgan fingerprint density at radius 2 is 2.12 bits per heavy atom. The molecule has 0 saturated heterocycles. The Balaban J connectivity index is 2.16. The van der Waals surface area contributed by atoms with Gasteiger partial charge >= 0.3 is 5.69 Å². The molecule has 1 fully saturated rings. The number of nitrogens with one attached hydrogen (secondary N) is 1. The molecule has 0 bridgehead atoms. The number of halogens is 1. The van der Waals surface area contributed by atoms with Crippen LogP contribution in [-0.4, -0.2) is 19.5 Å². The zero-order valence-electron chi connectivity index (χ0n) is 9.32. The van der Waals surface area contributed by atoms with Gasteiger partial charge in [0, 0.05) is 6.04 Å². The lowest BCUT2D eigenvalue weighted by atomic mass is 9.95. The molecule has 3 rings (SSSR count). The van der Waals surface area contributed by atoms with Gasteiger partial charge in [-0.2, -0.15) is 4.98 Å². The summed E-state index contributed by atoms with van der Waals surface area (Å²) >= 11 is 5.79. The maximum absolute atomic E-state index is 11.9. The molecule has 1 aliphatic rings. The molecule has 1 aliphatic carbocycles. The molecule has 1 N–H and O–H groups in total. The van der Waals surface area contributed by atoms with Crippen molar-refractivity contribution in [1.82, 2.24) is 19.5 Å². The summed E-state index contributed by atoms with van der Waals surface area (Å²) in [6.45, 7) is 0. The Bertz CT molecular complexity index is 597. The fourth-order valence-electron chi connectivity index (χ4n) is 2.57. The number of H-pyrrole nitrogens is 1. The van der Waals surface area contributed by atoms with Crippen molar-refractivity contribution in [2.45, 2.75) is 38.1 Å². The lowest BCUT2D eigenvalue weighted by Gasteiger charge is -2.22. The second-order valence-corrected chi connectivity index (χ2v) is 4.81. The minimum atomic E-state index is -0.108. The zero-order chi connectivity index (χ0) is 11.8. The highest BCUT2D eigenvalue weighted by atomic mass is 35.5. The quantitative estimate of drug-likeness (QED) is 0.792. The van der Waals surface area contributed by atoms with Gasteiger partial charge in [-0.15, -0.1) is 0 Å². The Morgan fingerprint density at radius 3 is 2.88 bits per heavy atom. The molecule has 0 atom stereocenters. The number of hydrogen-bond donors (Lipinski definition) is 1. The van der Waals surface area contributed by atoms with Crippen LogP contribution >= 0.6 is 11.6 Å². The van der Waals surface area contributed by atoms with Crippen LogP contribution in [0.4, 0.5) is 0 Å². The second kappa shape index (κ2) is 4.14. The molecule has 0 spiro atoms. The van der Waals surface area contributed by atoms with E-state index in [0.29, 0.717) is 11.2 Å². The van der Waals surface area contributed by atoms with Crippen LogP contribution in [0.5, 0.6) is 0 Å².